The van der Waals surface area contributed by atoms with Crippen LogP contribution in [0, 0.1) is 11.3 Å². The number of carbonyl (C=O) groups is 2. The molecule has 1 rings (SSSR count). The summed E-state index contributed by atoms with van der Waals surface area (Å²) in [5.74, 6) is -0.500. The van der Waals surface area contributed by atoms with Gasteiger partial charge in [0.1, 0.15) is 11.8 Å². The Bertz CT molecular complexity index is 480. The summed E-state index contributed by atoms with van der Waals surface area (Å²) in [5.41, 5.74) is 5.29. The number of hydrogen-bond acceptors (Lipinski definition) is 4. The number of ether oxygens (including phenoxy) is 1. The molecule has 0 fully saturated rings. The van der Waals surface area contributed by atoms with Gasteiger partial charge in [0.15, 0.2) is 6.61 Å². The number of para-hydroxylation sites is 1. The van der Waals surface area contributed by atoms with Gasteiger partial charge in [-0.05, 0) is 12.1 Å². The molecule has 0 aliphatic rings. The van der Waals surface area contributed by atoms with Gasteiger partial charge >= 0.3 is 0 Å². The Balaban J connectivity index is 2.38. The van der Waals surface area contributed by atoms with E-state index in [9.17, 15) is 9.59 Å². The van der Waals surface area contributed by atoms with Crippen molar-refractivity contribution >= 4 is 11.8 Å². The van der Waals surface area contributed by atoms with E-state index in [2.05, 4.69) is 5.32 Å². The SMILES string of the molecule is N#Cc1ccccc1OCC(=O)NCCC(N)=O. The normalized spacial score (nSPS) is 9.28. The number of nitriles is 1. The standard InChI is InChI=1S/C12H13N3O3/c13-7-9-3-1-2-4-10(9)18-8-12(17)15-6-5-11(14)16/h1-4H,5-6,8H2,(H2,14,16)(H,15,17). The maximum Gasteiger partial charge on any atom is 0.257 e. The average Bonchev–Trinajstić information content (AvgIpc) is 2.36. The van der Waals surface area contributed by atoms with Crippen molar-refractivity contribution in [3.63, 3.8) is 0 Å². The van der Waals surface area contributed by atoms with Crippen molar-refractivity contribution in [2.24, 2.45) is 5.73 Å². The maximum atomic E-state index is 11.3. The lowest BCUT2D eigenvalue weighted by molar-refractivity contribution is -0.123. The molecule has 0 bridgehead atoms. The third-order valence-electron chi connectivity index (χ3n) is 2.06. The predicted molar refractivity (Wildman–Crippen MR) is 63.5 cm³/mol. The molecule has 2 amide bonds. The predicted octanol–water partition coefficient (Wildman–Crippen LogP) is -0.0713. The van der Waals surface area contributed by atoms with Gasteiger partial charge in [-0.1, -0.05) is 12.1 Å². The van der Waals surface area contributed by atoms with Gasteiger partial charge in [-0.3, -0.25) is 9.59 Å². The third kappa shape index (κ3) is 4.53. The van der Waals surface area contributed by atoms with Crippen LogP contribution in [0.1, 0.15) is 12.0 Å². The monoisotopic (exact) mass is 247 g/mol. The second-order valence-corrected chi connectivity index (χ2v) is 3.46. The summed E-state index contributed by atoms with van der Waals surface area (Å²) in [7, 11) is 0. The van der Waals surface area contributed by atoms with Gasteiger partial charge in [-0.25, -0.2) is 0 Å². The first-order valence-corrected chi connectivity index (χ1v) is 5.30. The largest absolute Gasteiger partial charge is 0.482 e. The molecule has 0 saturated heterocycles. The zero-order valence-electron chi connectivity index (χ0n) is 9.68. The molecule has 0 unspecified atom stereocenters. The highest BCUT2D eigenvalue weighted by atomic mass is 16.5. The maximum absolute atomic E-state index is 11.3. The lowest BCUT2D eigenvalue weighted by Crippen LogP contribution is -2.31. The minimum atomic E-state index is -0.481. The van der Waals surface area contributed by atoms with Crippen LogP contribution >= 0.6 is 0 Å². The molecule has 0 aliphatic carbocycles. The third-order valence-corrected chi connectivity index (χ3v) is 2.06. The van der Waals surface area contributed by atoms with E-state index < -0.39 is 5.91 Å². The molecule has 18 heavy (non-hydrogen) atoms. The van der Waals surface area contributed by atoms with Crippen LogP contribution in [-0.2, 0) is 9.59 Å². The van der Waals surface area contributed by atoms with Crippen LogP contribution in [0.5, 0.6) is 5.75 Å². The average molecular weight is 247 g/mol. The molecular weight excluding hydrogens is 234 g/mol. The molecule has 0 spiro atoms. The number of hydrogen-bond donors (Lipinski definition) is 2. The minimum absolute atomic E-state index is 0.0839. The van der Waals surface area contributed by atoms with Gasteiger partial charge in [0, 0.05) is 13.0 Å². The molecule has 6 heteroatoms. The minimum Gasteiger partial charge on any atom is -0.482 e. The van der Waals surface area contributed by atoms with E-state index in [0.29, 0.717) is 11.3 Å². The second kappa shape index (κ2) is 6.91. The summed E-state index contributed by atoms with van der Waals surface area (Å²) >= 11 is 0. The number of rotatable bonds is 6. The highest BCUT2D eigenvalue weighted by Gasteiger charge is 2.06. The molecular formula is C12H13N3O3. The van der Waals surface area contributed by atoms with Gasteiger partial charge < -0.3 is 15.8 Å². The van der Waals surface area contributed by atoms with E-state index in [0.717, 1.165) is 0 Å². The number of nitrogens with one attached hydrogen (secondary N) is 1. The number of primary amides is 1. The summed E-state index contributed by atoms with van der Waals surface area (Å²) in [5, 5.41) is 11.3. The van der Waals surface area contributed by atoms with Crippen molar-refractivity contribution in [2.45, 2.75) is 6.42 Å². The zero-order valence-corrected chi connectivity index (χ0v) is 9.68. The van der Waals surface area contributed by atoms with Crippen molar-refractivity contribution in [3.05, 3.63) is 29.8 Å². The van der Waals surface area contributed by atoms with Crippen LogP contribution < -0.4 is 15.8 Å². The Hall–Kier alpha value is -2.55. The zero-order chi connectivity index (χ0) is 13.4. The molecule has 0 atom stereocenters. The van der Waals surface area contributed by atoms with Crippen LogP contribution in [0.4, 0.5) is 0 Å². The van der Waals surface area contributed by atoms with E-state index >= 15 is 0 Å². The highest BCUT2D eigenvalue weighted by Crippen LogP contribution is 2.15. The molecule has 0 heterocycles. The Labute approximate surface area is 104 Å². The van der Waals surface area contributed by atoms with E-state index in [1.807, 2.05) is 6.07 Å². The van der Waals surface area contributed by atoms with Gasteiger partial charge in [0.05, 0.1) is 5.56 Å². The van der Waals surface area contributed by atoms with E-state index in [4.69, 9.17) is 15.7 Å². The molecule has 0 saturated carbocycles. The second-order valence-electron chi connectivity index (χ2n) is 3.46. The fourth-order valence-electron chi connectivity index (χ4n) is 1.20. The molecule has 0 aromatic heterocycles. The molecule has 94 valence electrons. The van der Waals surface area contributed by atoms with Crippen molar-refractivity contribution in [3.8, 4) is 11.8 Å². The number of nitrogens with zero attached hydrogens (tertiary/aromatic N) is 1. The Morgan fingerprint density at radius 3 is 2.78 bits per heavy atom. The van der Waals surface area contributed by atoms with Crippen LogP contribution in [0.2, 0.25) is 0 Å². The fourth-order valence-corrected chi connectivity index (χ4v) is 1.20. The molecule has 0 radical (unpaired) electrons. The Morgan fingerprint density at radius 2 is 2.11 bits per heavy atom. The Kier molecular flexibility index (Phi) is 5.19. The van der Waals surface area contributed by atoms with Crippen molar-refractivity contribution in [1.82, 2.24) is 5.32 Å². The number of carbonyl (C=O) groups excluding carboxylic acids is 2. The van der Waals surface area contributed by atoms with Gasteiger partial charge in [0.2, 0.25) is 5.91 Å². The Morgan fingerprint density at radius 1 is 1.39 bits per heavy atom. The molecule has 0 aliphatic heterocycles. The summed E-state index contributed by atoms with van der Waals surface area (Å²) in [4.78, 5) is 21.8. The summed E-state index contributed by atoms with van der Waals surface area (Å²) in [6.45, 7) is -0.0329. The first kappa shape index (κ1) is 13.5. The number of benzene rings is 1. The quantitative estimate of drug-likeness (QED) is 0.733. The number of amides is 2. The van der Waals surface area contributed by atoms with E-state index in [1.54, 1.807) is 24.3 Å². The van der Waals surface area contributed by atoms with E-state index in [1.165, 1.54) is 0 Å². The summed E-state index contributed by atoms with van der Waals surface area (Å²) in [6.07, 6.45) is 0.0839. The highest BCUT2D eigenvalue weighted by molar-refractivity contribution is 5.79. The molecule has 6 nitrogen and oxygen atoms in total. The first-order chi connectivity index (χ1) is 8.63. The lowest BCUT2D eigenvalue weighted by atomic mass is 10.2. The van der Waals surface area contributed by atoms with Crippen LogP contribution in [0.25, 0.3) is 0 Å². The van der Waals surface area contributed by atoms with Crippen LogP contribution in [0.3, 0.4) is 0 Å². The van der Waals surface area contributed by atoms with Gasteiger partial charge in [-0.15, -0.1) is 0 Å². The van der Waals surface area contributed by atoms with Crippen molar-refractivity contribution in [1.29, 1.82) is 5.26 Å². The number of nitrogens with two attached hydrogens (primary N) is 1. The van der Waals surface area contributed by atoms with Crippen LogP contribution in [-0.4, -0.2) is 25.0 Å². The topological polar surface area (TPSA) is 105 Å². The van der Waals surface area contributed by atoms with Crippen molar-refractivity contribution in [2.75, 3.05) is 13.2 Å². The van der Waals surface area contributed by atoms with E-state index in [-0.39, 0.29) is 25.5 Å². The van der Waals surface area contributed by atoms with Gasteiger partial charge in [0.25, 0.3) is 5.91 Å². The molecule has 1 aromatic rings. The fraction of sp³-hybridized carbons (Fsp3) is 0.250. The molecule has 3 N–H and O–H groups in total. The smallest absolute Gasteiger partial charge is 0.257 e. The van der Waals surface area contributed by atoms with Crippen molar-refractivity contribution < 1.29 is 14.3 Å². The van der Waals surface area contributed by atoms with Gasteiger partial charge in [-0.2, -0.15) is 5.26 Å². The van der Waals surface area contributed by atoms with Crippen LogP contribution in [0.15, 0.2) is 24.3 Å². The first-order valence-electron chi connectivity index (χ1n) is 5.30. The summed E-state index contributed by atoms with van der Waals surface area (Å²) < 4.78 is 5.20. The lowest BCUT2D eigenvalue weighted by Gasteiger charge is -2.07. The summed E-state index contributed by atoms with van der Waals surface area (Å²) in [6, 6.07) is 8.58. The molecule has 1 aromatic carbocycles.